The number of thiophene rings is 1. The number of urea groups is 1. The maximum Gasteiger partial charge on any atom is 0.348 e. The Bertz CT molecular complexity index is 1310. The van der Waals surface area contributed by atoms with Gasteiger partial charge in [0, 0.05) is 10.4 Å². The van der Waals surface area contributed by atoms with Gasteiger partial charge >= 0.3 is 12.0 Å². The lowest BCUT2D eigenvalue weighted by molar-refractivity contribution is -0.123. The summed E-state index contributed by atoms with van der Waals surface area (Å²) in [5.74, 6) is -0.870. The predicted octanol–water partition coefficient (Wildman–Crippen LogP) is 3.88. The van der Waals surface area contributed by atoms with Crippen LogP contribution >= 0.6 is 22.9 Å². The number of nitrogens with one attached hydrogen (secondary N) is 2. The SMILES string of the molecule is Cc1nn(Cc2ccccc2Cl)c2sc(C(=O)OCC(=O)NC(=O)NCc3ccco3)cc12. The molecule has 4 aromatic rings. The molecule has 2 N–H and O–H groups in total. The first-order chi connectivity index (χ1) is 15.9. The standard InChI is InChI=1S/C22H19ClN4O5S/c1-13-16-9-18(33-20(16)27(26-13)11-14-5-2-3-7-17(14)23)21(29)32-12-19(28)25-22(30)24-10-15-6-4-8-31-15/h2-9H,10-12H2,1H3,(H2,24,25,28,30). The molecule has 0 aliphatic carbocycles. The number of halogens is 1. The van der Waals surface area contributed by atoms with Crippen molar-refractivity contribution in [2.45, 2.75) is 20.0 Å². The summed E-state index contributed by atoms with van der Waals surface area (Å²) in [5, 5.41) is 10.5. The summed E-state index contributed by atoms with van der Waals surface area (Å²) < 4.78 is 11.9. The molecule has 0 aliphatic heterocycles. The first-order valence-corrected chi connectivity index (χ1v) is 11.1. The summed E-state index contributed by atoms with van der Waals surface area (Å²) in [5.41, 5.74) is 1.67. The number of hydrogen-bond acceptors (Lipinski definition) is 7. The first-order valence-electron chi connectivity index (χ1n) is 9.88. The quantitative estimate of drug-likeness (QED) is 0.383. The third-order valence-electron chi connectivity index (χ3n) is 4.68. The van der Waals surface area contributed by atoms with Gasteiger partial charge in [0.2, 0.25) is 0 Å². The highest BCUT2D eigenvalue weighted by molar-refractivity contribution is 7.20. The lowest BCUT2D eigenvalue weighted by Gasteiger charge is -2.06. The maximum atomic E-state index is 12.5. The lowest BCUT2D eigenvalue weighted by Crippen LogP contribution is -2.41. The minimum absolute atomic E-state index is 0.123. The van der Waals surface area contributed by atoms with Gasteiger partial charge in [-0.2, -0.15) is 5.10 Å². The molecule has 0 saturated heterocycles. The Labute approximate surface area is 197 Å². The second kappa shape index (κ2) is 9.88. The molecule has 3 heterocycles. The number of benzene rings is 1. The van der Waals surface area contributed by atoms with E-state index in [1.807, 2.05) is 31.2 Å². The van der Waals surface area contributed by atoms with E-state index in [2.05, 4.69) is 15.7 Å². The van der Waals surface area contributed by atoms with Crippen LogP contribution in [-0.2, 0) is 22.6 Å². The van der Waals surface area contributed by atoms with Gasteiger partial charge in [0.1, 0.15) is 15.5 Å². The van der Waals surface area contributed by atoms with Crippen LogP contribution in [0.4, 0.5) is 4.79 Å². The zero-order valence-electron chi connectivity index (χ0n) is 17.5. The number of hydrogen-bond donors (Lipinski definition) is 2. The Morgan fingerprint density at radius 3 is 2.79 bits per heavy atom. The molecule has 11 heteroatoms. The summed E-state index contributed by atoms with van der Waals surface area (Å²) >= 11 is 7.47. The number of rotatable bonds is 7. The number of ether oxygens (including phenoxy) is 1. The molecule has 9 nitrogen and oxygen atoms in total. The van der Waals surface area contributed by atoms with Crippen molar-refractivity contribution in [3.8, 4) is 0 Å². The molecule has 1 aromatic carbocycles. The van der Waals surface area contributed by atoms with Gasteiger partial charge in [-0.15, -0.1) is 11.3 Å². The first kappa shape index (κ1) is 22.6. The fourth-order valence-corrected chi connectivity index (χ4v) is 4.35. The fraction of sp³-hybridized carbons (Fsp3) is 0.182. The van der Waals surface area contributed by atoms with Crippen LogP contribution in [0, 0.1) is 6.92 Å². The maximum absolute atomic E-state index is 12.5. The third-order valence-corrected chi connectivity index (χ3v) is 6.17. The van der Waals surface area contributed by atoms with E-state index in [-0.39, 0.29) is 6.54 Å². The van der Waals surface area contributed by atoms with E-state index >= 15 is 0 Å². The Hall–Kier alpha value is -3.63. The molecule has 170 valence electrons. The number of carbonyl (C=O) groups is 3. The van der Waals surface area contributed by atoms with E-state index in [1.165, 1.54) is 17.6 Å². The van der Waals surface area contributed by atoms with Crippen LogP contribution < -0.4 is 10.6 Å². The van der Waals surface area contributed by atoms with E-state index in [0.717, 1.165) is 21.5 Å². The summed E-state index contributed by atoms with van der Waals surface area (Å²) in [6.07, 6.45) is 1.48. The van der Waals surface area contributed by atoms with Crippen molar-refractivity contribution in [2.24, 2.45) is 0 Å². The smallest absolute Gasteiger partial charge is 0.348 e. The number of aryl methyl sites for hydroxylation is 1. The second-order valence-corrected chi connectivity index (χ2v) is 8.49. The molecule has 0 saturated carbocycles. The predicted molar refractivity (Wildman–Crippen MR) is 122 cm³/mol. The van der Waals surface area contributed by atoms with Gasteiger partial charge in [0.25, 0.3) is 5.91 Å². The molecule has 3 aromatic heterocycles. The number of esters is 1. The fourth-order valence-electron chi connectivity index (χ4n) is 3.10. The van der Waals surface area contributed by atoms with Gasteiger partial charge in [-0.3, -0.25) is 14.8 Å². The summed E-state index contributed by atoms with van der Waals surface area (Å²) in [6.45, 7) is 1.83. The van der Waals surface area contributed by atoms with E-state index in [1.54, 1.807) is 22.9 Å². The molecule has 33 heavy (non-hydrogen) atoms. The van der Waals surface area contributed by atoms with Gasteiger partial charge in [-0.25, -0.2) is 9.59 Å². The van der Waals surface area contributed by atoms with E-state index in [9.17, 15) is 14.4 Å². The lowest BCUT2D eigenvalue weighted by atomic mass is 10.2. The molecule has 0 radical (unpaired) electrons. The van der Waals surface area contributed by atoms with Gasteiger partial charge in [-0.1, -0.05) is 29.8 Å². The summed E-state index contributed by atoms with van der Waals surface area (Å²) in [6, 6.07) is 11.8. The number of amides is 3. The molecule has 0 atom stereocenters. The highest BCUT2D eigenvalue weighted by atomic mass is 35.5. The van der Waals surface area contributed by atoms with Crippen LogP contribution in [0.3, 0.4) is 0 Å². The van der Waals surface area contributed by atoms with Crippen LogP contribution in [0.15, 0.2) is 53.1 Å². The average Bonchev–Trinajstić information content (AvgIpc) is 3.52. The molecule has 0 unspecified atom stereocenters. The van der Waals surface area contributed by atoms with Crippen molar-refractivity contribution < 1.29 is 23.5 Å². The van der Waals surface area contributed by atoms with Gasteiger partial charge in [0.15, 0.2) is 6.61 Å². The number of carbonyl (C=O) groups excluding carboxylic acids is 3. The second-order valence-electron chi connectivity index (χ2n) is 7.05. The van der Waals surface area contributed by atoms with Crippen LogP contribution in [0.1, 0.15) is 26.7 Å². The van der Waals surface area contributed by atoms with Crippen LogP contribution in [0.2, 0.25) is 5.02 Å². The van der Waals surface area contributed by atoms with Crippen molar-refractivity contribution >= 4 is 51.1 Å². The minimum Gasteiger partial charge on any atom is -0.467 e. The molecule has 0 spiro atoms. The number of aromatic nitrogens is 2. The molecular formula is C22H19ClN4O5S. The number of furan rings is 1. The molecule has 3 amide bonds. The summed E-state index contributed by atoms with van der Waals surface area (Å²) in [4.78, 5) is 37.3. The Morgan fingerprint density at radius 2 is 2.03 bits per heavy atom. The van der Waals surface area contributed by atoms with Gasteiger partial charge in [0.05, 0.1) is 25.0 Å². The Balaban J connectivity index is 1.34. The third kappa shape index (κ3) is 5.41. The van der Waals surface area contributed by atoms with E-state index in [0.29, 0.717) is 22.2 Å². The molecule has 0 fully saturated rings. The van der Waals surface area contributed by atoms with Crippen LogP contribution in [0.5, 0.6) is 0 Å². The van der Waals surface area contributed by atoms with E-state index in [4.69, 9.17) is 20.8 Å². The minimum atomic E-state index is -0.748. The van der Waals surface area contributed by atoms with Crippen molar-refractivity contribution in [1.82, 2.24) is 20.4 Å². The zero-order chi connectivity index (χ0) is 23.4. The summed E-state index contributed by atoms with van der Waals surface area (Å²) in [7, 11) is 0. The number of imide groups is 1. The highest BCUT2D eigenvalue weighted by Gasteiger charge is 2.19. The van der Waals surface area contributed by atoms with Gasteiger partial charge in [-0.05, 0) is 36.8 Å². The monoisotopic (exact) mass is 486 g/mol. The van der Waals surface area contributed by atoms with Crippen molar-refractivity contribution in [3.05, 3.63) is 75.6 Å². The zero-order valence-corrected chi connectivity index (χ0v) is 19.0. The average molecular weight is 487 g/mol. The van der Waals surface area contributed by atoms with Crippen LogP contribution in [-0.4, -0.2) is 34.3 Å². The number of fused-ring (bicyclic) bond motifs is 1. The molecule has 0 aliphatic rings. The Morgan fingerprint density at radius 1 is 1.21 bits per heavy atom. The van der Waals surface area contributed by atoms with Crippen molar-refractivity contribution in [3.63, 3.8) is 0 Å². The number of nitrogens with zero attached hydrogens (tertiary/aromatic N) is 2. The van der Waals surface area contributed by atoms with Crippen molar-refractivity contribution in [1.29, 1.82) is 0 Å². The largest absolute Gasteiger partial charge is 0.467 e. The van der Waals surface area contributed by atoms with Gasteiger partial charge < -0.3 is 14.5 Å². The van der Waals surface area contributed by atoms with Crippen molar-refractivity contribution in [2.75, 3.05) is 6.61 Å². The van der Waals surface area contributed by atoms with E-state index < -0.39 is 24.5 Å². The molecular weight excluding hydrogens is 468 g/mol. The van der Waals surface area contributed by atoms with Crippen LogP contribution in [0.25, 0.3) is 10.2 Å². The Kier molecular flexibility index (Phi) is 6.76. The topological polar surface area (TPSA) is 115 Å². The highest BCUT2D eigenvalue weighted by Crippen LogP contribution is 2.30. The molecule has 4 rings (SSSR count). The normalized spacial score (nSPS) is 10.8. The molecule has 0 bridgehead atoms.